The maximum absolute atomic E-state index is 10.9. The second-order valence-corrected chi connectivity index (χ2v) is 2.82. The largest absolute Gasteiger partial charge is 0.493 e. The van der Waals surface area contributed by atoms with Crippen molar-refractivity contribution in [3.8, 4) is 11.5 Å². The van der Waals surface area contributed by atoms with Gasteiger partial charge in [-0.05, 0) is 12.1 Å². The van der Waals surface area contributed by atoms with Crippen molar-refractivity contribution >= 4 is 21.9 Å². The fraction of sp³-hybridized carbons (Fsp3) is 0.222. The molecule has 0 amide bonds. The Labute approximate surface area is 84.8 Å². The van der Waals surface area contributed by atoms with Crippen LogP contribution in [-0.2, 0) is 4.79 Å². The molecule has 0 radical (unpaired) electrons. The number of para-hydroxylation sites is 2. The van der Waals surface area contributed by atoms with Gasteiger partial charge in [0.15, 0.2) is 11.5 Å². The number of carbonyl (C=O) groups excluding carboxylic acids is 1. The Balaban J connectivity index is 2.81. The molecule has 0 aliphatic carbocycles. The van der Waals surface area contributed by atoms with Crippen LogP contribution in [0.25, 0.3) is 0 Å². The molecule has 4 heteroatoms. The van der Waals surface area contributed by atoms with Crippen LogP contribution in [-0.4, -0.2) is 18.4 Å². The third kappa shape index (κ3) is 2.73. The van der Waals surface area contributed by atoms with E-state index in [4.69, 9.17) is 9.47 Å². The molecule has 0 spiro atoms. The lowest BCUT2D eigenvalue weighted by Gasteiger charge is -2.06. The summed E-state index contributed by atoms with van der Waals surface area (Å²) < 4.78 is 9.97. The van der Waals surface area contributed by atoms with Crippen molar-refractivity contribution in [3.63, 3.8) is 0 Å². The minimum atomic E-state index is -0.343. The van der Waals surface area contributed by atoms with E-state index in [1.54, 1.807) is 18.2 Å². The first-order valence-electron chi connectivity index (χ1n) is 3.67. The summed E-state index contributed by atoms with van der Waals surface area (Å²) in [7, 11) is 1.53. The summed E-state index contributed by atoms with van der Waals surface area (Å²) in [6.45, 7) is 0. The van der Waals surface area contributed by atoms with Crippen LogP contribution in [0.5, 0.6) is 11.5 Å². The fourth-order valence-electron chi connectivity index (χ4n) is 0.853. The van der Waals surface area contributed by atoms with Gasteiger partial charge in [-0.25, -0.2) is 0 Å². The smallest absolute Gasteiger partial charge is 0.322 e. The third-order valence-electron chi connectivity index (χ3n) is 1.40. The van der Waals surface area contributed by atoms with Crippen molar-refractivity contribution in [2.75, 3.05) is 12.4 Å². The van der Waals surface area contributed by atoms with E-state index in [1.807, 2.05) is 6.07 Å². The highest BCUT2D eigenvalue weighted by atomic mass is 79.9. The molecule has 0 atom stereocenters. The summed E-state index contributed by atoms with van der Waals surface area (Å²) in [6, 6.07) is 7.00. The zero-order chi connectivity index (χ0) is 9.68. The van der Waals surface area contributed by atoms with Gasteiger partial charge in [0, 0.05) is 0 Å². The molecule has 70 valence electrons. The molecular weight excluding hydrogens is 236 g/mol. The summed E-state index contributed by atoms with van der Waals surface area (Å²) >= 11 is 3.00. The van der Waals surface area contributed by atoms with Crippen molar-refractivity contribution in [3.05, 3.63) is 24.3 Å². The maximum Gasteiger partial charge on any atom is 0.322 e. The molecule has 0 bridgehead atoms. The van der Waals surface area contributed by atoms with E-state index in [1.165, 1.54) is 7.11 Å². The number of ether oxygens (including phenoxy) is 2. The number of methoxy groups -OCH3 is 1. The van der Waals surface area contributed by atoms with Crippen molar-refractivity contribution in [2.24, 2.45) is 0 Å². The molecule has 0 saturated heterocycles. The van der Waals surface area contributed by atoms with Gasteiger partial charge in [-0.2, -0.15) is 0 Å². The first-order chi connectivity index (χ1) is 6.27. The normalized spacial score (nSPS) is 9.38. The molecule has 0 unspecified atom stereocenters. The Kier molecular flexibility index (Phi) is 3.76. The SMILES string of the molecule is COc1ccccc1OC(=O)CBr. The van der Waals surface area contributed by atoms with Crippen molar-refractivity contribution in [1.29, 1.82) is 0 Å². The molecule has 0 saturated carbocycles. The van der Waals surface area contributed by atoms with E-state index in [9.17, 15) is 4.79 Å². The highest BCUT2D eigenvalue weighted by Crippen LogP contribution is 2.25. The van der Waals surface area contributed by atoms with Crippen LogP contribution in [0, 0.1) is 0 Å². The number of benzene rings is 1. The lowest BCUT2D eigenvalue weighted by atomic mass is 10.3. The van der Waals surface area contributed by atoms with Gasteiger partial charge in [-0.3, -0.25) is 4.79 Å². The molecule has 0 heterocycles. The molecule has 0 aliphatic heterocycles. The first-order valence-corrected chi connectivity index (χ1v) is 4.79. The average molecular weight is 245 g/mol. The second-order valence-electron chi connectivity index (χ2n) is 2.26. The molecular formula is C9H9BrO3. The van der Waals surface area contributed by atoms with Gasteiger partial charge in [-0.1, -0.05) is 28.1 Å². The predicted molar refractivity (Wildman–Crippen MR) is 52.4 cm³/mol. The Bertz CT molecular complexity index is 299. The lowest BCUT2D eigenvalue weighted by molar-refractivity contribution is -0.131. The van der Waals surface area contributed by atoms with Crippen LogP contribution >= 0.6 is 15.9 Å². The van der Waals surface area contributed by atoms with Crippen LogP contribution in [0.4, 0.5) is 0 Å². The van der Waals surface area contributed by atoms with Crippen molar-refractivity contribution < 1.29 is 14.3 Å². The maximum atomic E-state index is 10.9. The van der Waals surface area contributed by atoms with Crippen LogP contribution in [0.15, 0.2) is 24.3 Å². The number of hydrogen-bond acceptors (Lipinski definition) is 3. The minimum absolute atomic E-state index is 0.172. The van der Waals surface area contributed by atoms with Crippen molar-refractivity contribution in [2.45, 2.75) is 0 Å². The monoisotopic (exact) mass is 244 g/mol. The van der Waals surface area contributed by atoms with Crippen molar-refractivity contribution in [1.82, 2.24) is 0 Å². The van der Waals surface area contributed by atoms with Gasteiger partial charge >= 0.3 is 5.97 Å². The van der Waals surface area contributed by atoms with E-state index in [2.05, 4.69) is 15.9 Å². The molecule has 0 aliphatic rings. The minimum Gasteiger partial charge on any atom is -0.493 e. The predicted octanol–water partition coefficient (Wildman–Crippen LogP) is 2.00. The van der Waals surface area contributed by atoms with Gasteiger partial charge in [0.1, 0.15) is 5.33 Å². The highest BCUT2D eigenvalue weighted by Gasteiger charge is 2.06. The molecule has 0 N–H and O–H groups in total. The Morgan fingerprint density at radius 3 is 2.54 bits per heavy atom. The topological polar surface area (TPSA) is 35.5 Å². The van der Waals surface area contributed by atoms with E-state index in [0.717, 1.165) is 0 Å². The standard InChI is InChI=1S/C9H9BrO3/c1-12-7-4-2-3-5-8(7)13-9(11)6-10/h2-5H,6H2,1H3. The van der Waals surface area contributed by atoms with E-state index in [-0.39, 0.29) is 11.3 Å². The van der Waals surface area contributed by atoms with Gasteiger partial charge in [0.05, 0.1) is 7.11 Å². The van der Waals surface area contributed by atoms with Gasteiger partial charge in [0.2, 0.25) is 0 Å². The number of halogens is 1. The summed E-state index contributed by atoms with van der Waals surface area (Å²) in [4.78, 5) is 10.9. The Morgan fingerprint density at radius 1 is 1.38 bits per heavy atom. The molecule has 13 heavy (non-hydrogen) atoms. The number of carbonyl (C=O) groups is 1. The molecule has 3 nitrogen and oxygen atoms in total. The average Bonchev–Trinajstić information content (AvgIpc) is 2.18. The summed E-state index contributed by atoms with van der Waals surface area (Å²) in [5.41, 5.74) is 0. The van der Waals surface area contributed by atoms with Gasteiger partial charge < -0.3 is 9.47 Å². The lowest BCUT2D eigenvalue weighted by Crippen LogP contribution is -2.09. The summed E-state index contributed by atoms with van der Waals surface area (Å²) in [6.07, 6.45) is 0. The number of hydrogen-bond donors (Lipinski definition) is 0. The molecule has 1 aromatic carbocycles. The molecule has 1 rings (SSSR count). The fourth-order valence-corrected chi connectivity index (χ4v) is 0.967. The Hall–Kier alpha value is -1.03. The molecule has 0 fully saturated rings. The van der Waals surface area contributed by atoms with E-state index < -0.39 is 0 Å². The van der Waals surface area contributed by atoms with Gasteiger partial charge in [0.25, 0.3) is 0 Å². The zero-order valence-corrected chi connectivity index (χ0v) is 8.71. The highest BCUT2D eigenvalue weighted by molar-refractivity contribution is 9.09. The van der Waals surface area contributed by atoms with E-state index in [0.29, 0.717) is 11.5 Å². The number of alkyl halides is 1. The van der Waals surface area contributed by atoms with Gasteiger partial charge in [-0.15, -0.1) is 0 Å². The van der Waals surface area contributed by atoms with Crippen LogP contribution in [0.1, 0.15) is 0 Å². The number of rotatable bonds is 3. The molecule has 0 aromatic heterocycles. The number of esters is 1. The Morgan fingerprint density at radius 2 is 2.00 bits per heavy atom. The zero-order valence-electron chi connectivity index (χ0n) is 7.12. The quantitative estimate of drug-likeness (QED) is 0.464. The van der Waals surface area contributed by atoms with Crippen LogP contribution in [0.2, 0.25) is 0 Å². The van der Waals surface area contributed by atoms with Crippen LogP contribution in [0.3, 0.4) is 0 Å². The third-order valence-corrected chi connectivity index (χ3v) is 1.86. The summed E-state index contributed by atoms with van der Waals surface area (Å²) in [5, 5.41) is 0.172. The first kappa shape index (κ1) is 10.1. The van der Waals surface area contributed by atoms with Crippen LogP contribution < -0.4 is 9.47 Å². The molecule has 1 aromatic rings. The summed E-state index contributed by atoms with van der Waals surface area (Å²) in [5.74, 6) is 0.649. The van der Waals surface area contributed by atoms with E-state index >= 15 is 0 Å². The second kappa shape index (κ2) is 4.87.